The number of hydrogen-bond acceptors (Lipinski definition) is 4. The van der Waals surface area contributed by atoms with Crippen molar-refractivity contribution in [1.82, 2.24) is 9.97 Å². The molecule has 2 unspecified atom stereocenters. The Morgan fingerprint density at radius 3 is 2.74 bits per heavy atom. The first kappa shape index (κ1) is 15.4. The molecule has 1 saturated heterocycles. The van der Waals surface area contributed by atoms with E-state index in [0.717, 1.165) is 23.7 Å². The number of rotatable bonds is 3. The Balaban J connectivity index is 2.41. The van der Waals surface area contributed by atoms with Crippen molar-refractivity contribution in [3.8, 4) is 0 Å². The maximum absolute atomic E-state index is 12.0. The van der Waals surface area contributed by atoms with Crippen molar-refractivity contribution in [2.75, 3.05) is 11.5 Å². The molecule has 3 nitrogen and oxygen atoms in total. The Kier molecular flexibility index (Phi) is 5.43. The topological polar surface area (TPSA) is 45.8 Å². The predicted molar refractivity (Wildman–Crippen MR) is 88.4 cm³/mol. The number of hydrogen-bond donors (Lipinski definition) is 1. The average Bonchev–Trinajstić information content (AvgIpc) is 2.41. The number of aromatic nitrogens is 2. The van der Waals surface area contributed by atoms with Gasteiger partial charge in [0.15, 0.2) is 0 Å². The molecule has 2 heterocycles. The second kappa shape index (κ2) is 6.68. The van der Waals surface area contributed by atoms with Gasteiger partial charge >= 0.3 is 0 Å². The van der Waals surface area contributed by atoms with Crippen molar-refractivity contribution in [2.45, 2.75) is 43.6 Å². The molecule has 0 amide bonds. The Morgan fingerprint density at radius 1 is 1.42 bits per heavy atom. The number of halogens is 1. The van der Waals surface area contributed by atoms with Gasteiger partial charge in [0, 0.05) is 16.8 Å². The third-order valence-electron chi connectivity index (χ3n) is 3.18. The second-order valence-electron chi connectivity index (χ2n) is 4.91. The summed E-state index contributed by atoms with van der Waals surface area (Å²) in [5, 5.41) is 0.852. The fraction of sp³-hybridized carbons (Fsp3) is 0.692. The molecule has 2 atom stereocenters. The maximum Gasteiger partial charge on any atom is 0.265 e. The molecule has 19 heavy (non-hydrogen) atoms. The summed E-state index contributed by atoms with van der Waals surface area (Å²) in [6.07, 6.45) is 1.11. The van der Waals surface area contributed by atoms with Crippen LogP contribution in [0.15, 0.2) is 9.27 Å². The Hall–Kier alpha value is 0.0600. The Bertz CT molecular complexity index is 504. The second-order valence-corrected chi connectivity index (χ2v) is 8.30. The molecule has 0 aliphatic carbocycles. The van der Waals surface area contributed by atoms with Crippen LogP contribution in [-0.4, -0.2) is 26.7 Å². The first-order valence-electron chi connectivity index (χ1n) is 6.57. The molecular formula is C13H19BrN2OS2. The van der Waals surface area contributed by atoms with Gasteiger partial charge in [0.25, 0.3) is 5.56 Å². The van der Waals surface area contributed by atoms with Crippen LogP contribution in [0.3, 0.4) is 0 Å². The van der Waals surface area contributed by atoms with E-state index in [1.165, 1.54) is 5.75 Å². The maximum atomic E-state index is 12.0. The van der Waals surface area contributed by atoms with Crippen LogP contribution in [0, 0.1) is 0 Å². The first-order chi connectivity index (χ1) is 9.04. The lowest BCUT2D eigenvalue weighted by Gasteiger charge is -2.29. The summed E-state index contributed by atoms with van der Waals surface area (Å²) in [5.74, 6) is 3.41. The van der Waals surface area contributed by atoms with Crippen molar-refractivity contribution in [2.24, 2.45) is 0 Å². The fourth-order valence-electron chi connectivity index (χ4n) is 2.17. The predicted octanol–water partition coefficient (Wildman–Crippen LogP) is 3.96. The molecule has 1 aromatic rings. The largest absolute Gasteiger partial charge is 0.309 e. The third kappa shape index (κ3) is 3.39. The molecule has 1 fully saturated rings. The quantitative estimate of drug-likeness (QED) is 0.883. The molecule has 1 N–H and O–H groups in total. The molecule has 2 rings (SSSR count). The van der Waals surface area contributed by atoms with Gasteiger partial charge in [0.1, 0.15) is 10.3 Å². The molecule has 106 valence electrons. The van der Waals surface area contributed by atoms with E-state index in [1.54, 1.807) is 0 Å². The molecule has 6 heteroatoms. The highest BCUT2D eigenvalue weighted by atomic mass is 79.9. The smallest absolute Gasteiger partial charge is 0.265 e. The fourth-order valence-corrected chi connectivity index (χ4v) is 5.83. The molecule has 0 spiro atoms. The van der Waals surface area contributed by atoms with E-state index in [2.05, 4.69) is 41.7 Å². The van der Waals surface area contributed by atoms with Crippen LogP contribution in [0.2, 0.25) is 0 Å². The van der Waals surface area contributed by atoms with E-state index in [-0.39, 0.29) is 11.5 Å². The lowest BCUT2D eigenvalue weighted by Crippen LogP contribution is -2.25. The highest BCUT2D eigenvalue weighted by Gasteiger charge is 2.29. The van der Waals surface area contributed by atoms with Crippen molar-refractivity contribution in [1.29, 1.82) is 0 Å². The molecule has 0 bridgehead atoms. The van der Waals surface area contributed by atoms with Crippen LogP contribution >= 0.6 is 39.5 Å². The van der Waals surface area contributed by atoms with Crippen molar-refractivity contribution >= 4 is 39.5 Å². The van der Waals surface area contributed by atoms with Crippen molar-refractivity contribution in [3.05, 3.63) is 26.3 Å². The van der Waals surface area contributed by atoms with E-state index < -0.39 is 0 Å². The molecule has 0 radical (unpaired) electrons. The number of nitrogens with one attached hydrogen (secondary N) is 1. The molecular weight excluding hydrogens is 344 g/mol. The number of aromatic amines is 1. The van der Waals surface area contributed by atoms with Crippen LogP contribution in [-0.2, 0) is 0 Å². The average molecular weight is 363 g/mol. The molecule has 0 saturated carbocycles. The van der Waals surface area contributed by atoms with Crippen LogP contribution in [0.5, 0.6) is 0 Å². The van der Waals surface area contributed by atoms with Gasteiger partial charge in [-0.3, -0.25) is 4.79 Å². The van der Waals surface area contributed by atoms with E-state index in [1.807, 2.05) is 23.5 Å². The summed E-state index contributed by atoms with van der Waals surface area (Å²) < 4.78 is 0.577. The van der Waals surface area contributed by atoms with Gasteiger partial charge in [-0.1, -0.05) is 20.8 Å². The van der Waals surface area contributed by atoms with Crippen molar-refractivity contribution < 1.29 is 0 Å². The molecule has 1 aliphatic heterocycles. The summed E-state index contributed by atoms with van der Waals surface area (Å²) in [4.78, 5) is 19.7. The van der Waals surface area contributed by atoms with Gasteiger partial charge in [0.2, 0.25) is 0 Å². The lowest BCUT2D eigenvalue weighted by atomic mass is 10.1. The first-order valence-corrected chi connectivity index (χ1v) is 9.46. The van der Waals surface area contributed by atoms with E-state index >= 15 is 0 Å². The van der Waals surface area contributed by atoms with Crippen LogP contribution < -0.4 is 5.56 Å². The van der Waals surface area contributed by atoms with Crippen LogP contribution in [0.25, 0.3) is 0 Å². The summed E-state index contributed by atoms with van der Waals surface area (Å²) in [6.45, 7) is 6.34. The summed E-state index contributed by atoms with van der Waals surface area (Å²) in [5.41, 5.74) is 0.810. The lowest BCUT2D eigenvalue weighted by molar-refractivity contribution is 0.713. The molecule has 0 aromatic carbocycles. The van der Waals surface area contributed by atoms with Crippen LogP contribution in [0.4, 0.5) is 0 Å². The summed E-state index contributed by atoms with van der Waals surface area (Å²) in [6, 6.07) is 0. The Morgan fingerprint density at radius 2 is 2.11 bits per heavy atom. The highest BCUT2D eigenvalue weighted by molar-refractivity contribution is 9.10. The van der Waals surface area contributed by atoms with E-state index in [0.29, 0.717) is 15.0 Å². The monoisotopic (exact) mass is 362 g/mol. The van der Waals surface area contributed by atoms with Crippen molar-refractivity contribution in [3.63, 3.8) is 0 Å². The zero-order valence-electron chi connectivity index (χ0n) is 11.4. The SMILES string of the molecule is CCC1SCCSC1c1nc(C(C)C)c(Br)c(=O)[nH]1. The zero-order valence-corrected chi connectivity index (χ0v) is 14.6. The van der Waals surface area contributed by atoms with E-state index in [9.17, 15) is 4.79 Å². The normalized spacial score (nSPS) is 23.8. The number of H-pyrrole nitrogens is 1. The minimum Gasteiger partial charge on any atom is -0.309 e. The standard InChI is InChI=1S/C13H19BrN2OS2/c1-4-8-11(19-6-5-18-8)12-15-10(7(2)3)9(14)13(17)16-12/h7-8,11H,4-6H2,1-3H3,(H,15,16,17). The van der Waals surface area contributed by atoms with Gasteiger partial charge in [-0.2, -0.15) is 11.8 Å². The highest BCUT2D eigenvalue weighted by Crippen LogP contribution is 2.42. The van der Waals surface area contributed by atoms with Crippen LogP contribution in [0.1, 0.15) is 49.9 Å². The zero-order chi connectivity index (χ0) is 14.0. The Labute approximate surface area is 130 Å². The third-order valence-corrected chi connectivity index (χ3v) is 7.20. The van der Waals surface area contributed by atoms with Gasteiger partial charge in [-0.15, -0.1) is 11.8 Å². The minimum absolute atomic E-state index is 0.0558. The summed E-state index contributed by atoms with van der Waals surface area (Å²) >= 11 is 7.26. The number of nitrogens with zero attached hydrogens (tertiary/aromatic N) is 1. The van der Waals surface area contributed by atoms with Gasteiger partial charge in [-0.25, -0.2) is 4.98 Å². The van der Waals surface area contributed by atoms with E-state index in [4.69, 9.17) is 4.98 Å². The van der Waals surface area contributed by atoms with Gasteiger partial charge in [-0.05, 0) is 28.3 Å². The minimum atomic E-state index is -0.0558. The molecule has 1 aromatic heterocycles. The van der Waals surface area contributed by atoms with Gasteiger partial charge in [0.05, 0.1) is 10.9 Å². The molecule has 1 aliphatic rings. The van der Waals surface area contributed by atoms with Gasteiger partial charge < -0.3 is 4.98 Å². The summed E-state index contributed by atoms with van der Waals surface area (Å²) in [7, 11) is 0. The number of thioether (sulfide) groups is 2.